The van der Waals surface area contributed by atoms with Gasteiger partial charge in [0.15, 0.2) is 0 Å². The first-order valence-electron chi connectivity index (χ1n) is 8.87. The molecule has 0 aliphatic carbocycles. The monoisotopic (exact) mass is 336 g/mol. The quantitative estimate of drug-likeness (QED) is 0.914. The van der Waals surface area contributed by atoms with Crippen molar-refractivity contribution >= 4 is 17.2 Å². The van der Waals surface area contributed by atoms with E-state index in [1.165, 1.54) is 32.2 Å². The number of likely N-dealkylation sites (tertiary alicyclic amines) is 1. The summed E-state index contributed by atoms with van der Waals surface area (Å²) >= 11 is 1.60. The molecule has 2 aliphatic heterocycles. The first-order valence-corrected chi connectivity index (χ1v) is 9.75. The van der Waals surface area contributed by atoms with E-state index in [1.54, 1.807) is 11.3 Å². The van der Waals surface area contributed by atoms with Crippen LogP contribution in [0.25, 0.3) is 0 Å². The maximum Gasteiger partial charge on any atom is 0.245 e. The molecule has 1 amide bonds. The fourth-order valence-electron chi connectivity index (χ4n) is 3.90. The van der Waals surface area contributed by atoms with E-state index in [4.69, 9.17) is 0 Å². The van der Waals surface area contributed by atoms with E-state index in [2.05, 4.69) is 27.0 Å². The topological polar surface area (TPSA) is 48.5 Å². The van der Waals surface area contributed by atoms with Gasteiger partial charge in [-0.1, -0.05) is 19.8 Å². The highest BCUT2D eigenvalue weighted by Crippen LogP contribution is 2.28. The number of hydrogen-bond donors (Lipinski definition) is 1. The molecule has 128 valence electrons. The molecule has 23 heavy (non-hydrogen) atoms. The van der Waals surface area contributed by atoms with Crippen molar-refractivity contribution in [3.8, 4) is 0 Å². The Morgan fingerprint density at radius 2 is 2.22 bits per heavy atom. The van der Waals surface area contributed by atoms with Crippen LogP contribution in [-0.4, -0.2) is 60.0 Å². The molecule has 1 aromatic heterocycles. The summed E-state index contributed by atoms with van der Waals surface area (Å²) in [7, 11) is 1.87. The van der Waals surface area contributed by atoms with Crippen molar-refractivity contribution in [3.05, 3.63) is 16.1 Å². The van der Waals surface area contributed by atoms with Gasteiger partial charge in [0.1, 0.15) is 6.04 Å². The molecule has 0 aromatic carbocycles. The predicted octanol–water partition coefficient (Wildman–Crippen LogP) is 2.05. The van der Waals surface area contributed by atoms with Crippen molar-refractivity contribution in [2.24, 2.45) is 0 Å². The molecule has 5 nitrogen and oxygen atoms in total. The highest BCUT2D eigenvalue weighted by molar-refractivity contribution is 7.10. The number of aromatic nitrogens is 1. The molecule has 0 spiro atoms. The van der Waals surface area contributed by atoms with Crippen molar-refractivity contribution in [1.82, 2.24) is 20.1 Å². The van der Waals surface area contributed by atoms with Crippen molar-refractivity contribution in [2.75, 3.05) is 33.2 Å². The van der Waals surface area contributed by atoms with Crippen LogP contribution in [0.15, 0.2) is 5.51 Å². The zero-order valence-corrected chi connectivity index (χ0v) is 15.1. The van der Waals surface area contributed by atoms with Gasteiger partial charge in [-0.2, -0.15) is 0 Å². The molecule has 3 heterocycles. The van der Waals surface area contributed by atoms with Crippen LogP contribution in [0.5, 0.6) is 0 Å². The standard InChI is InChI=1S/C17H28N4OS/c1-3-20-9-6-4-5-7-13(20)11-21-10-8-14-16(23-12-19-14)15(18-2)17(21)22/h12-13,15,18H,3-11H2,1-2H3. The van der Waals surface area contributed by atoms with E-state index in [0.29, 0.717) is 6.04 Å². The van der Waals surface area contributed by atoms with Crippen LogP contribution < -0.4 is 5.32 Å². The summed E-state index contributed by atoms with van der Waals surface area (Å²) in [6.45, 7) is 6.15. The van der Waals surface area contributed by atoms with Gasteiger partial charge in [-0.3, -0.25) is 9.69 Å². The number of rotatable bonds is 4. The third-order valence-corrected chi connectivity index (χ3v) is 6.17. The lowest BCUT2D eigenvalue weighted by Crippen LogP contribution is -2.48. The summed E-state index contributed by atoms with van der Waals surface area (Å²) in [6, 6.07) is 0.286. The highest BCUT2D eigenvalue weighted by atomic mass is 32.1. The summed E-state index contributed by atoms with van der Waals surface area (Å²) in [4.78, 5) is 23.2. The fourth-order valence-corrected chi connectivity index (χ4v) is 4.84. The van der Waals surface area contributed by atoms with E-state index < -0.39 is 0 Å². The Morgan fingerprint density at radius 1 is 1.35 bits per heavy atom. The summed E-state index contributed by atoms with van der Waals surface area (Å²) < 4.78 is 0. The number of likely N-dealkylation sites (N-methyl/N-ethyl adjacent to an activating group) is 2. The molecule has 1 saturated heterocycles. The lowest BCUT2D eigenvalue weighted by Gasteiger charge is -2.34. The zero-order chi connectivity index (χ0) is 16.2. The molecule has 1 aromatic rings. The average Bonchev–Trinajstić information content (AvgIpc) is 2.84. The lowest BCUT2D eigenvalue weighted by atomic mass is 10.1. The Kier molecular flexibility index (Phi) is 5.67. The second kappa shape index (κ2) is 7.73. The number of carbonyl (C=O) groups excluding carboxylic acids is 1. The van der Waals surface area contributed by atoms with Crippen molar-refractivity contribution < 1.29 is 4.79 Å². The maximum atomic E-state index is 13.0. The van der Waals surface area contributed by atoms with Crippen LogP contribution in [0.4, 0.5) is 0 Å². The maximum absolute atomic E-state index is 13.0. The highest BCUT2D eigenvalue weighted by Gasteiger charge is 2.33. The Labute approximate surface area is 143 Å². The van der Waals surface area contributed by atoms with Gasteiger partial charge in [0.2, 0.25) is 5.91 Å². The Hall–Kier alpha value is -0.980. The third kappa shape index (κ3) is 3.59. The molecule has 1 N–H and O–H groups in total. The number of carbonyl (C=O) groups is 1. The van der Waals surface area contributed by atoms with Crippen LogP contribution in [0.1, 0.15) is 49.2 Å². The molecule has 0 radical (unpaired) electrons. The normalized spacial score (nSPS) is 26.7. The average molecular weight is 337 g/mol. The van der Waals surface area contributed by atoms with Gasteiger partial charge in [0, 0.05) is 25.6 Å². The molecular formula is C17H28N4OS. The summed E-state index contributed by atoms with van der Waals surface area (Å²) in [6.07, 6.45) is 5.98. The Balaban J connectivity index is 1.74. The van der Waals surface area contributed by atoms with E-state index in [0.717, 1.165) is 36.6 Å². The second-order valence-electron chi connectivity index (χ2n) is 6.55. The van der Waals surface area contributed by atoms with Gasteiger partial charge in [-0.05, 0) is 33.0 Å². The summed E-state index contributed by atoms with van der Waals surface area (Å²) in [5, 5.41) is 3.21. The van der Waals surface area contributed by atoms with E-state index in [1.807, 2.05) is 12.6 Å². The number of fused-ring (bicyclic) bond motifs is 1. The predicted molar refractivity (Wildman–Crippen MR) is 93.7 cm³/mol. The second-order valence-corrected chi connectivity index (χ2v) is 7.44. The van der Waals surface area contributed by atoms with Crippen LogP contribution in [-0.2, 0) is 11.2 Å². The number of thiazole rings is 1. The molecule has 0 bridgehead atoms. The fraction of sp³-hybridized carbons (Fsp3) is 0.765. The van der Waals surface area contributed by atoms with Crippen LogP contribution >= 0.6 is 11.3 Å². The minimum absolute atomic E-state index is 0.218. The molecule has 1 fully saturated rings. The van der Waals surface area contributed by atoms with E-state index in [-0.39, 0.29) is 11.9 Å². The van der Waals surface area contributed by atoms with Crippen LogP contribution in [0.2, 0.25) is 0 Å². The number of hydrogen-bond acceptors (Lipinski definition) is 5. The Morgan fingerprint density at radius 3 is 3.00 bits per heavy atom. The number of nitrogens with one attached hydrogen (secondary N) is 1. The van der Waals surface area contributed by atoms with Crippen LogP contribution in [0.3, 0.4) is 0 Å². The summed E-state index contributed by atoms with van der Waals surface area (Å²) in [5.74, 6) is 0.218. The van der Waals surface area contributed by atoms with Gasteiger partial charge in [-0.25, -0.2) is 4.98 Å². The Bertz CT molecular complexity index is 532. The molecule has 0 saturated carbocycles. The zero-order valence-electron chi connectivity index (χ0n) is 14.3. The first kappa shape index (κ1) is 16.9. The van der Waals surface area contributed by atoms with Crippen molar-refractivity contribution in [1.29, 1.82) is 0 Å². The van der Waals surface area contributed by atoms with Gasteiger partial charge >= 0.3 is 0 Å². The van der Waals surface area contributed by atoms with Crippen molar-refractivity contribution in [2.45, 2.75) is 51.1 Å². The summed E-state index contributed by atoms with van der Waals surface area (Å²) in [5.41, 5.74) is 2.96. The van der Waals surface area contributed by atoms with Gasteiger partial charge in [0.25, 0.3) is 0 Å². The molecule has 3 rings (SSSR count). The SMILES string of the molecule is CCN1CCCCCC1CN1CCc2ncsc2C(NC)C1=O. The van der Waals surface area contributed by atoms with Crippen LogP contribution in [0, 0.1) is 0 Å². The number of nitrogens with zero attached hydrogens (tertiary/aromatic N) is 3. The molecule has 2 atom stereocenters. The van der Waals surface area contributed by atoms with Gasteiger partial charge in [-0.15, -0.1) is 11.3 Å². The van der Waals surface area contributed by atoms with E-state index in [9.17, 15) is 4.79 Å². The minimum Gasteiger partial charge on any atom is -0.339 e. The molecule has 6 heteroatoms. The molecular weight excluding hydrogens is 308 g/mol. The number of amides is 1. The van der Waals surface area contributed by atoms with Crippen molar-refractivity contribution in [3.63, 3.8) is 0 Å². The lowest BCUT2D eigenvalue weighted by molar-refractivity contribution is -0.134. The van der Waals surface area contributed by atoms with E-state index >= 15 is 0 Å². The first-order chi connectivity index (χ1) is 11.2. The van der Waals surface area contributed by atoms with Gasteiger partial charge in [0.05, 0.1) is 16.1 Å². The third-order valence-electron chi connectivity index (χ3n) is 5.24. The van der Waals surface area contributed by atoms with Gasteiger partial charge < -0.3 is 10.2 Å². The largest absolute Gasteiger partial charge is 0.339 e. The minimum atomic E-state index is -0.221. The molecule has 2 unspecified atom stereocenters. The smallest absolute Gasteiger partial charge is 0.245 e. The molecule has 2 aliphatic rings.